The van der Waals surface area contributed by atoms with Gasteiger partial charge in [0.15, 0.2) is 0 Å². The van der Waals surface area contributed by atoms with Crippen molar-refractivity contribution in [3.63, 3.8) is 0 Å². The van der Waals surface area contributed by atoms with Gasteiger partial charge in [0.05, 0.1) is 0 Å². The molecule has 82 valence electrons. The minimum Gasteiger partial charge on any atom is -0.508 e. The molecule has 0 bridgehead atoms. The molecule has 1 aliphatic rings. The fourth-order valence-electron chi connectivity index (χ4n) is 1.76. The van der Waals surface area contributed by atoms with Gasteiger partial charge in [-0.15, -0.1) is 11.8 Å². The van der Waals surface area contributed by atoms with Crippen LogP contribution in [0.1, 0.15) is 24.0 Å². The van der Waals surface area contributed by atoms with E-state index in [-0.39, 0.29) is 5.54 Å². The minimum absolute atomic E-state index is 0.00613. The Bertz CT molecular complexity index is 385. The maximum atomic E-state index is 9.69. The normalized spacial score (nSPS) is 17.8. The van der Waals surface area contributed by atoms with Crippen molar-refractivity contribution in [3.05, 3.63) is 23.3 Å². The van der Waals surface area contributed by atoms with E-state index >= 15 is 0 Å². The fraction of sp³-hybridized carbons (Fsp3) is 0.500. The zero-order valence-electron chi connectivity index (χ0n) is 9.21. The van der Waals surface area contributed by atoms with Gasteiger partial charge in [0.1, 0.15) is 5.75 Å². The average molecular weight is 223 g/mol. The van der Waals surface area contributed by atoms with Crippen LogP contribution >= 0.6 is 11.8 Å². The van der Waals surface area contributed by atoms with Gasteiger partial charge in [-0.3, -0.25) is 0 Å². The number of hydrogen-bond acceptors (Lipinski definition) is 3. The molecule has 1 saturated carbocycles. The first-order valence-electron chi connectivity index (χ1n) is 5.19. The van der Waals surface area contributed by atoms with E-state index in [1.807, 2.05) is 19.1 Å². The highest BCUT2D eigenvalue weighted by molar-refractivity contribution is 7.98. The summed E-state index contributed by atoms with van der Waals surface area (Å²) in [4.78, 5) is 1.24. The van der Waals surface area contributed by atoms with Crippen molar-refractivity contribution < 1.29 is 5.11 Å². The Morgan fingerprint density at radius 3 is 2.67 bits per heavy atom. The number of benzene rings is 1. The second-order valence-electron chi connectivity index (χ2n) is 4.49. The number of hydrogen-bond donors (Lipinski definition) is 2. The topological polar surface area (TPSA) is 46.2 Å². The molecule has 1 fully saturated rings. The third-order valence-corrected chi connectivity index (χ3v) is 3.85. The molecule has 3 heteroatoms. The van der Waals surface area contributed by atoms with Crippen molar-refractivity contribution >= 4 is 11.8 Å². The van der Waals surface area contributed by atoms with Crippen LogP contribution in [0.2, 0.25) is 0 Å². The molecule has 15 heavy (non-hydrogen) atoms. The number of phenolic OH excluding ortho intramolecular Hbond substituents is 1. The van der Waals surface area contributed by atoms with Crippen LogP contribution in [-0.2, 0) is 6.42 Å². The summed E-state index contributed by atoms with van der Waals surface area (Å²) in [5.41, 5.74) is 8.23. The quantitative estimate of drug-likeness (QED) is 0.774. The highest BCUT2D eigenvalue weighted by atomic mass is 32.2. The molecular formula is C12H17NOS. The number of phenols is 1. The SMILES string of the molecule is CSc1cc(C)c(O)cc1CC1(N)CC1. The molecule has 0 heterocycles. The predicted molar refractivity (Wildman–Crippen MR) is 64.5 cm³/mol. The highest BCUT2D eigenvalue weighted by Gasteiger charge is 2.38. The lowest BCUT2D eigenvalue weighted by molar-refractivity contribution is 0.469. The second-order valence-corrected chi connectivity index (χ2v) is 5.34. The predicted octanol–water partition coefficient (Wildman–Crippen LogP) is 2.46. The largest absolute Gasteiger partial charge is 0.508 e. The van der Waals surface area contributed by atoms with Crippen LogP contribution in [-0.4, -0.2) is 16.9 Å². The molecule has 0 atom stereocenters. The molecule has 3 N–H and O–H groups in total. The lowest BCUT2D eigenvalue weighted by Crippen LogP contribution is -2.24. The lowest BCUT2D eigenvalue weighted by Gasteiger charge is -2.13. The van der Waals surface area contributed by atoms with Gasteiger partial charge in [-0.05, 0) is 55.7 Å². The standard InChI is InChI=1S/C12H17NOS/c1-8-5-11(15-2)9(6-10(8)14)7-12(13)3-4-12/h5-6,14H,3-4,7,13H2,1-2H3. The summed E-state index contributed by atoms with van der Waals surface area (Å²) in [6.45, 7) is 1.92. The Morgan fingerprint density at radius 2 is 2.13 bits per heavy atom. The van der Waals surface area contributed by atoms with Crippen LogP contribution in [0.3, 0.4) is 0 Å². The molecule has 2 rings (SSSR count). The van der Waals surface area contributed by atoms with Crippen molar-refractivity contribution in [1.29, 1.82) is 0 Å². The van der Waals surface area contributed by atoms with Gasteiger partial charge in [0.2, 0.25) is 0 Å². The molecule has 0 unspecified atom stereocenters. The summed E-state index contributed by atoms with van der Waals surface area (Å²) in [5, 5.41) is 9.69. The van der Waals surface area contributed by atoms with Crippen molar-refractivity contribution in [2.45, 2.75) is 36.6 Å². The maximum Gasteiger partial charge on any atom is 0.118 e. The van der Waals surface area contributed by atoms with E-state index in [0.717, 1.165) is 24.8 Å². The molecule has 0 amide bonds. The number of nitrogens with two attached hydrogens (primary N) is 1. The van der Waals surface area contributed by atoms with E-state index in [0.29, 0.717) is 5.75 Å². The van der Waals surface area contributed by atoms with Crippen molar-refractivity contribution in [2.24, 2.45) is 5.73 Å². The van der Waals surface area contributed by atoms with E-state index in [4.69, 9.17) is 5.73 Å². The molecule has 1 aromatic rings. The molecule has 2 nitrogen and oxygen atoms in total. The Morgan fingerprint density at radius 1 is 1.47 bits per heavy atom. The highest BCUT2D eigenvalue weighted by Crippen LogP contribution is 2.39. The summed E-state index contributed by atoms with van der Waals surface area (Å²) >= 11 is 1.72. The van der Waals surface area contributed by atoms with E-state index in [9.17, 15) is 5.11 Å². The molecule has 0 saturated heterocycles. The minimum atomic E-state index is 0.00613. The van der Waals surface area contributed by atoms with E-state index in [1.54, 1.807) is 11.8 Å². The summed E-state index contributed by atoms with van der Waals surface area (Å²) in [6.07, 6.45) is 5.16. The molecule has 1 aliphatic carbocycles. The van der Waals surface area contributed by atoms with Crippen LogP contribution in [0.4, 0.5) is 0 Å². The Kier molecular flexibility index (Phi) is 2.69. The van der Waals surface area contributed by atoms with Crippen LogP contribution in [0, 0.1) is 6.92 Å². The first kappa shape index (κ1) is 10.8. The summed E-state index contributed by atoms with van der Waals surface area (Å²) in [7, 11) is 0. The number of aromatic hydroxyl groups is 1. The third kappa shape index (κ3) is 2.29. The summed E-state index contributed by atoms with van der Waals surface area (Å²) in [6, 6.07) is 3.91. The van der Waals surface area contributed by atoms with Crippen molar-refractivity contribution in [2.75, 3.05) is 6.26 Å². The Hall–Kier alpha value is -0.670. The first-order valence-corrected chi connectivity index (χ1v) is 6.42. The molecule has 1 aromatic carbocycles. The van der Waals surface area contributed by atoms with Crippen LogP contribution in [0.15, 0.2) is 17.0 Å². The summed E-state index contributed by atoms with van der Waals surface area (Å²) in [5.74, 6) is 0.382. The first-order chi connectivity index (χ1) is 7.04. The van der Waals surface area contributed by atoms with Gasteiger partial charge in [0, 0.05) is 10.4 Å². The monoisotopic (exact) mass is 223 g/mol. The smallest absolute Gasteiger partial charge is 0.118 e. The third-order valence-electron chi connectivity index (χ3n) is 3.03. The number of thioether (sulfide) groups is 1. The van der Waals surface area contributed by atoms with Crippen molar-refractivity contribution in [3.8, 4) is 5.75 Å². The maximum absolute atomic E-state index is 9.69. The Labute approximate surface area is 94.9 Å². The van der Waals surface area contributed by atoms with Crippen molar-refractivity contribution in [1.82, 2.24) is 0 Å². The van der Waals surface area contributed by atoms with Gasteiger partial charge >= 0.3 is 0 Å². The Balaban J connectivity index is 2.31. The van der Waals surface area contributed by atoms with Crippen LogP contribution in [0.25, 0.3) is 0 Å². The van der Waals surface area contributed by atoms with Gasteiger partial charge in [0.25, 0.3) is 0 Å². The zero-order chi connectivity index (χ0) is 11.1. The van der Waals surface area contributed by atoms with E-state index in [1.165, 1.54) is 10.5 Å². The summed E-state index contributed by atoms with van der Waals surface area (Å²) < 4.78 is 0. The van der Waals surface area contributed by atoms with Gasteiger partial charge in [-0.1, -0.05) is 0 Å². The van der Waals surface area contributed by atoms with E-state index < -0.39 is 0 Å². The zero-order valence-corrected chi connectivity index (χ0v) is 10.0. The van der Waals surface area contributed by atoms with E-state index in [2.05, 4.69) is 6.26 Å². The molecule has 0 spiro atoms. The molecule has 0 aromatic heterocycles. The average Bonchev–Trinajstić information content (AvgIpc) is 2.89. The molecule has 0 radical (unpaired) electrons. The molecular weight excluding hydrogens is 206 g/mol. The van der Waals surface area contributed by atoms with Crippen LogP contribution in [0.5, 0.6) is 5.75 Å². The number of aryl methyl sites for hydroxylation is 1. The van der Waals surface area contributed by atoms with Gasteiger partial charge < -0.3 is 10.8 Å². The van der Waals surface area contributed by atoms with Crippen LogP contribution < -0.4 is 5.73 Å². The number of rotatable bonds is 3. The van der Waals surface area contributed by atoms with Gasteiger partial charge in [-0.25, -0.2) is 0 Å². The fourth-order valence-corrected chi connectivity index (χ4v) is 2.45. The van der Waals surface area contributed by atoms with Gasteiger partial charge in [-0.2, -0.15) is 0 Å². The molecule has 0 aliphatic heterocycles. The second kappa shape index (κ2) is 3.72. The lowest BCUT2D eigenvalue weighted by atomic mass is 10.0.